The van der Waals surface area contributed by atoms with Gasteiger partial charge < -0.3 is 5.32 Å². The van der Waals surface area contributed by atoms with Crippen LogP contribution in [-0.2, 0) is 4.79 Å². The molecule has 1 saturated heterocycles. The van der Waals surface area contributed by atoms with Crippen molar-refractivity contribution in [1.29, 1.82) is 0 Å². The van der Waals surface area contributed by atoms with Gasteiger partial charge in [0, 0.05) is 11.6 Å². The van der Waals surface area contributed by atoms with Crippen molar-refractivity contribution in [3.8, 4) is 0 Å². The predicted molar refractivity (Wildman–Crippen MR) is 74.4 cm³/mol. The fourth-order valence-electron chi connectivity index (χ4n) is 1.74. The van der Waals surface area contributed by atoms with E-state index in [1.807, 2.05) is 0 Å². The van der Waals surface area contributed by atoms with E-state index in [1.165, 1.54) is 6.07 Å². The Bertz CT molecular complexity index is 455. The van der Waals surface area contributed by atoms with Crippen molar-refractivity contribution >= 4 is 30.1 Å². The van der Waals surface area contributed by atoms with Gasteiger partial charge in [0.25, 0.3) is 0 Å². The fourth-order valence-corrected chi connectivity index (χ4v) is 2.68. The van der Waals surface area contributed by atoms with E-state index >= 15 is 0 Å². The molecule has 1 amide bonds. The average molecular weight is 309 g/mol. The van der Waals surface area contributed by atoms with Gasteiger partial charge in [-0.2, -0.15) is 0 Å². The summed E-state index contributed by atoms with van der Waals surface area (Å²) in [4.78, 5) is 11.8. The van der Waals surface area contributed by atoms with Gasteiger partial charge in [-0.15, -0.1) is 24.2 Å². The molecule has 3 nitrogen and oxygen atoms in total. The summed E-state index contributed by atoms with van der Waals surface area (Å²) in [6, 6.07) is 3.09. The summed E-state index contributed by atoms with van der Waals surface area (Å²) in [6.07, 6.45) is 0. The molecule has 19 heavy (non-hydrogen) atoms. The van der Waals surface area contributed by atoms with Crippen molar-refractivity contribution in [2.75, 3.05) is 11.6 Å². The van der Waals surface area contributed by atoms with Crippen molar-refractivity contribution < 1.29 is 13.6 Å². The number of halogens is 3. The van der Waals surface area contributed by atoms with Crippen LogP contribution in [0.15, 0.2) is 18.2 Å². The summed E-state index contributed by atoms with van der Waals surface area (Å²) in [7, 11) is 0. The molecular weight excluding hydrogens is 294 g/mol. The Labute approximate surface area is 120 Å². The first kappa shape index (κ1) is 16.2. The van der Waals surface area contributed by atoms with Crippen molar-refractivity contribution in [1.82, 2.24) is 10.6 Å². The predicted octanol–water partition coefficient (Wildman–Crippen LogP) is 2.23. The minimum atomic E-state index is -0.900. The van der Waals surface area contributed by atoms with E-state index in [2.05, 4.69) is 10.6 Å². The highest BCUT2D eigenvalue weighted by Gasteiger charge is 2.23. The number of carbonyl (C=O) groups is 1. The zero-order chi connectivity index (χ0) is 13.1. The van der Waals surface area contributed by atoms with Gasteiger partial charge in [0.2, 0.25) is 5.91 Å². The third-order valence-corrected chi connectivity index (χ3v) is 3.78. The first-order chi connectivity index (χ1) is 8.58. The van der Waals surface area contributed by atoms with Crippen molar-refractivity contribution in [2.45, 2.75) is 19.0 Å². The molecule has 0 spiro atoms. The molecule has 1 aromatic rings. The van der Waals surface area contributed by atoms with Crippen LogP contribution in [-0.4, -0.2) is 23.6 Å². The number of amides is 1. The van der Waals surface area contributed by atoms with Crippen molar-refractivity contribution in [3.05, 3.63) is 35.4 Å². The van der Waals surface area contributed by atoms with Crippen LogP contribution in [0.5, 0.6) is 0 Å². The largest absolute Gasteiger partial charge is 0.348 e. The summed E-state index contributed by atoms with van der Waals surface area (Å²) in [5, 5.41) is 5.83. The number of carbonyl (C=O) groups excluding carboxylic acids is 1. The van der Waals surface area contributed by atoms with Gasteiger partial charge in [-0.3, -0.25) is 10.1 Å². The molecule has 106 valence electrons. The Morgan fingerprint density at radius 1 is 1.47 bits per heavy atom. The maximum atomic E-state index is 13.1. The van der Waals surface area contributed by atoms with Crippen molar-refractivity contribution in [3.63, 3.8) is 0 Å². The zero-order valence-corrected chi connectivity index (χ0v) is 11.9. The maximum Gasteiger partial charge on any atom is 0.238 e. The fraction of sp³-hybridized carbons (Fsp3) is 0.417. The molecule has 0 saturated carbocycles. The summed E-state index contributed by atoms with van der Waals surface area (Å²) in [5.74, 6) is -0.403. The van der Waals surface area contributed by atoms with E-state index in [1.54, 1.807) is 18.7 Å². The highest BCUT2D eigenvalue weighted by atomic mass is 35.5. The third kappa shape index (κ3) is 4.06. The van der Waals surface area contributed by atoms with Gasteiger partial charge in [-0.25, -0.2) is 8.78 Å². The van der Waals surface area contributed by atoms with Crippen LogP contribution in [0.25, 0.3) is 0 Å². The normalized spacial score (nSPS) is 19.6. The lowest BCUT2D eigenvalue weighted by molar-refractivity contribution is -0.123. The minimum Gasteiger partial charge on any atom is -0.348 e. The maximum absolute atomic E-state index is 13.1. The molecule has 0 aliphatic carbocycles. The number of hydrogen-bond acceptors (Lipinski definition) is 3. The lowest BCUT2D eigenvalue weighted by Crippen LogP contribution is -2.42. The van der Waals surface area contributed by atoms with E-state index in [9.17, 15) is 13.6 Å². The number of benzene rings is 1. The first-order valence-electron chi connectivity index (χ1n) is 5.64. The Kier molecular flexibility index (Phi) is 6.03. The standard InChI is InChI=1S/C12H14F2N2OS.ClH/c1-7(8-2-3-9(13)10(14)4-8)16-12(17)11-5-18-6-15-11;/h2-4,7,11,15H,5-6H2,1H3,(H,16,17);1H. The highest BCUT2D eigenvalue weighted by molar-refractivity contribution is 7.99. The summed E-state index contributed by atoms with van der Waals surface area (Å²) in [6.45, 7) is 1.74. The van der Waals surface area contributed by atoms with Gasteiger partial charge in [-0.05, 0) is 24.6 Å². The van der Waals surface area contributed by atoms with Crippen LogP contribution in [0.1, 0.15) is 18.5 Å². The Hall–Kier alpha value is -0.850. The summed E-state index contributed by atoms with van der Waals surface area (Å²) >= 11 is 1.66. The zero-order valence-electron chi connectivity index (χ0n) is 10.3. The van der Waals surface area contributed by atoms with Gasteiger partial charge in [0.1, 0.15) is 0 Å². The average Bonchev–Trinajstić information content (AvgIpc) is 2.86. The molecule has 2 N–H and O–H groups in total. The van der Waals surface area contributed by atoms with Crippen LogP contribution < -0.4 is 10.6 Å². The SMILES string of the molecule is CC(NC(=O)C1CSCN1)c1ccc(F)c(F)c1.Cl. The monoisotopic (exact) mass is 308 g/mol. The van der Waals surface area contributed by atoms with Crippen LogP contribution >= 0.6 is 24.2 Å². The summed E-state index contributed by atoms with van der Waals surface area (Å²) in [5.41, 5.74) is 0.549. The molecule has 1 aliphatic rings. The molecule has 2 atom stereocenters. The van der Waals surface area contributed by atoms with E-state index in [-0.39, 0.29) is 30.4 Å². The summed E-state index contributed by atoms with van der Waals surface area (Å²) < 4.78 is 25.9. The Morgan fingerprint density at radius 3 is 2.79 bits per heavy atom. The molecule has 0 aromatic heterocycles. The number of thioether (sulfide) groups is 1. The van der Waals surface area contributed by atoms with Crippen LogP contribution in [0.2, 0.25) is 0 Å². The van der Waals surface area contributed by atoms with Gasteiger partial charge >= 0.3 is 0 Å². The van der Waals surface area contributed by atoms with E-state index in [0.717, 1.165) is 23.8 Å². The Morgan fingerprint density at radius 2 is 2.21 bits per heavy atom. The highest BCUT2D eigenvalue weighted by Crippen LogP contribution is 2.17. The van der Waals surface area contributed by atoms with E-state index in [4.69, 9.17) is 0 Å². The number of hydrogen-bond donors (Lipinski definition) is 2. The number of nitrogens with one attached hydrogen (secondary N) is 2. The first-order valence-corrected chi connectivity index (χ1v) is 6.80. The molecule has 2 rings (SSSR count). The minimum absolute atomic E-state index is 0. The molecule has 0 radical (unpaired) electrons. The molecule has 1 heterocycles. The number of rotatable bonds is 3. The second kappa shape index (κ2) is 7.07. The molecule has 7 heteroatoms. The van der Waals surface area contributed by atoms with Crippen LogP contribution in [0, 0.1) is 11.6 Å². The quantitative estimate of drug-likeness (QED) is 0.900. The molecule has 2 unspecified atom stereocenters. The molecule has 0 bridgehead atoms. The molecular formula is C12H15ClF2N2OS. The van der Waals surface area contributed by atoms with Crippen LogP contribution in [0.4, 0.5) is 8.78 Å². The van der Waals surface area contributed by atoms with Gasteiger partial charge in [0.05, 0.1) is 12.1 Å². The van der Waals surface area contributed by atoms with E-state index < -0.39 is 11.6 Å². The molecule has 1 fully saturated rings. The van der Waals surface area contributed by atoms with Gasteiger partial charge in [0.15, 0.2) is 11.6 Å². The Balaban J connectivity index is 0.00000180. The van der Waals surface area contributed by atoms with Gasteiger partial charge in [-0.1, -0.05) is 6.07 Å². The second-order valence-corrected chi connectivity index (χ2v) is 5.21. The van der Waals surface area contributed by atoms with E-state index in [0.29, 0.717) is 5.56 Å². The third-order valence-electron chi connectivity index (χ3n) is 2.84. The topological polar surface area (TPSA) is 41.1 Å². The van der Waals surface area contributed by atoms with Crippen molar-refractivity contribution in [2.24, 2.45) is 0 Å². The smallest absolute Gasteiger partial charge is 0.238 e. The molecule has 1 aliphatic heterocycles. The lowest BCUT2D eigenvalue weighted by Gasteiger charge is -2.17. The van der Waals surface area contributed by atoms with Crippen LogP contribution in [0.3, 0.4) is 0 Å². The second-order valence-electron chi connectivity index (χ2n) is 4.18. The lowest BCUT2D eigenvalue weighted by atomic mass is 10.1. The molecule has 1 aromatic carbocycles.